The molecule has 4 aliphatic carbocycles. The van der Waals surface area contributed by atoms with E-state index in [0.29, 0.717) is 35.0 Å². The highest BCUT2D eigenvalue weighted by molar-refractivity contribution is 6.00. The van der Waals surface area contributed by atoms with Crippen molar-refractivity contribution in [2.24, 2.45) is 39.7 Å². The molecule has 1 aromatic carbocycles. The number of rotatable bonds is 6. The van der Waals surface area contributed by atoms with Gasteiger partial charge in [-0.05, 0) is 104 Å². The van der Waals surface area contributed by atoms with Crippen LogP contribution in [0.25, 0.3) is 6.08 Å². The Labute approximate surface area is 221 Å². The lowest BCUT2D eigenvalue weighted by molar-refractivity contribution is -0.0424. The molecule has 4 aliphatic rings. The number of aliphatic hydroxyl groups excluding tert-OH is 1. The fourth-order valence-corrected chi connectivity index (χ4v) is 8.73. The monoisotopic (exact) mass is 509 g/mol. The third kappa shape index (κ3) is 4.25. The topological polar surface area (TPSA) is 80.5 Å². The second-order valence-electron chi connectivity index (χ2n) is 12.1. The van der Waals surface area contributed by atoms with Crippen LogP contribution >= 0.6 is 0 Å². The summed E-state index contributed by atoms with van der Waals surface area (Å²) in [6.45, 7) is 4.91. The summed E-state index contributed by atoms with van der Waals surface area (Å²) in [5, 5.41) is 24.3. The maximum absolute atomic E-state index is 10.3. The fourth-order valence-electron chi connectivity index (χ4n) is 8.73. The van der Waals surface area contributed by atoms with E-state index in [2.05, 4.69) is 25.1 Å². The van der Waals surface area contributed by atoms with E-state index >= 15 is 0 Å². The molecule has 5 rings (SSSR count). The van der Waals surface area contributed by atoms with Gasteiger partial charge >= 0.3 is 0 Å². The lowest BCUT2D eigenvalue weighted by Gasteiger charge is -2.58. The minimum absolute atomic E-state index is 0.123. The highest BCUT2D eigenvalue weighted by atomic mass is 16.5. The van der Waals surface area contributed by atoms with Gasteiger partial charge in [-0.3, -0.25) is 0 Å². The van der Waals surface area contributed by atoms with Crippen LogP contribution in [0.3, 0.4) is 0 Å². The van der Waals surface area contributed by atoms with Crippen LogP contribution in [0.1, 0.15) is 70.8 Å². The Morgan fingerprint density at radius 2 is 1.70 bits per heavy atom. The molecule has 6 nitrogen and oxygen atoms in total. The van der Waals surface area contributed by atoms with Crippen LogP contribution in [0.5, 0.6) is 17.2 Å². The summed E-state index contributed by atoms with van der Waals surface area (Å²) in [7, 11) is 4.82. The van der Waals surface area contributed by atoms with Gasteiger partial charge < -0.3 is 24.5 Å². The van der Waals surface area contributed by atoms with Gasteiger partial charge in [0.15, 0.2) is 11.5 Å². The Kier molecular flexibility index (Phi) is 7.08. The summed E-state index contributed by atoms with van der Waals surface area (Å²) >= 11 is 0. The van der Waals surface area contributed by atoms with Gasteiger partial charge in [0.05, 0.1) is 33.1 Å². The number of aliphatic hydroxyl groups is 1. The largest absolute Gasteiger partial charge is 0.493 e. The van der Waals surface area contributed by atoms with Gasteiger partial charge in [-0.15, -0.1) is 0 Å². The SMILES string of the molecule is COc1cc(/C=C/C(=N/O)[C@H]2CC[C@H]3[C@@H]4CC=C5CC(O)CC[C@]5(C)[C@H]4CC[C@]23C)cc(OC)c1OC. The predicted octanol–water partition coefficient (Wildman–Crippen LogP) is 6.50. The molecule has 37 heavy (non-hydrogen) atoms. The van der Waals surface area contributed by atoms with E-state index in [9.17, 15) is 10.3 Å². The van der Waals surface area contributed by atoms with E-state index in [1.165, 1.54) is 18.4 Å². The molecule has 1 aromatic rings. The van der Waals surface area contributed by atoms with E-state index in [4.69, 9.17) is 14.2 Å². The van der Waals surface area contributed by atoms with Crippen LogP contribution in [0.15, 0.2) is 35.0 Å². The normalized spacial score (nSPS) is 37.4. The Morgan fingerprint density at radius 3 is 2.35 bits per heavy atom. The molecule has 0 heterocycles. The lowest BCUT2D eigenvalue weighted by atomic mass is 9.47. The predicted molar refractivity (Wildman–Crippen MR) is 146 cm³/mol. The summed E-state index contributed by atoms with van der Waals surface area (Å²) in [6, 6.07) is 3.82. The minimum Gasteiger partial charge on any atom is -0.493 e. The number of hydrogen-bond acceptors (Lipinski definition) is 6. The Hall–Kier alpha value is -2.47. The lowest BCUT2D eigenvalue weighted by Crippen LogP contribution is -2.51. The molecule has 0 aromatic heterocycles. The molecular weight excluding hydrogens is 466 g/mol. The van der Waals surface area contributed by atoms with E-state index in [0.717, 1.165) is 49.8 Å². The zero-order valence-corrected chi connectivity index (χ0v) is 23.0. The number of ether oxygens (including phenoxy) is 3. The van der Waals surface area contributed by atoms with E-state index in [-0.39, 0.29) is 22.9 Å². The van der Waals surface area contributed by atoms with Crippen LogP contribution in [0, 0.1) is 34.5 Å². The maximum Gasteiger partial charge on any atom is 0.203 e. The second-order valence-corrected chi connectivity index (χ2v) is 12.1. The van der Waals surface area contributed by atoms with Crippen LogP contribution < -0.4 is 14.2 Å². The molecule has 202 valence electrons. The first-order chi connectivity index (χ1) is 17.8. The number of oxime groups is 1. The first kappa shape index (κ1) is 26.1. The molecule has 7 atom stereocenters. The van der Waals surface area contributed by atoms with Crippen molar-refractivity contribution in [3.05, 3.63) is 35.4 Å². The van der Waals surface area contributed by atoms with Gasteiger partial charge in [0.25, 0.3) is 0 Å². The molecule has 3 fully saturated rings. The van der Waals surface area contributed by atoms with E-state index in [1.54, 1.807) is 21.3 Å². The Bertz CT molecular complexity index is 1080. The zero-order valence-electron chi connectivity index (χ0n) is 23.0. The standard InChI is InChI=1S/C31H43NO5/c1-30-14-12-21(33)18-20(30)7-8-22-23-9-10-25(31(23,2)15-13-24(22)30)26(32-34)11-6-19-16-27(35-3)29(37-5)28(17-19)36-4/h6-7,11,16-17,21-25,33-34H,8-10,12-15,18H2,1-5H3/b11-6+,32-26-/t21?,22-,23-,24-,25+,30-,31-/m0/s1. The number of nitrogens with zero attached hydrogens (tertiary/aromatic N) is 1. The summed E-state index contributed by atoms with van der Waals surface area (Å²) in [6.07, 6.45) is 14.9. The quantitative estimate of drug-likeness (QED) is 0.198. The van der Waals surface area contributed by atoms with Crippen molar-refractivity contribution in [2.45, 2.75) is 71.3 Å². The van der Waals surface area contributed by atoms with Crippen LogP contribution in [-0.4, -0.2) is 43.5 Å². The molecule has 0 amide bonds. The highest BCUT2D eigenvalue weighted by Gasteiger charge is 2.59. The van der Waals surface area contributed by atoms with Crippen molar-refractivity contribution in [2.75, 3.05) is 21.3 Å². The molecule has 3 saturated carbocycles. The van der Waals surface area contributed by atoms with Crippen molar-refractivity contribution in [3.8, 4) is 17.2 Å². The molecular formula is C31H43NO5. The minimum atomic E-state index is -0.165. The molecule has 0 aliphatic heterocycles. The van der Waals surface area contributed by atoms with E-state index < -0.39 is 0 Å². The average molecular weight is 510 g/mol. The molecule has 1 unspecified atom stereocenters. The number of fused-ring (bicyclic) bond motifs is 5. The van der Waals surface area contributed by atoms with Gasteiger partial charge in [0, 0.05) is 5.92 Å². The molecule has 2 N–H and O–H groups in total. The third-order valence-corrected chi connectivity index (χ3v) is 10.7. The van der Waals surface area contributed by atoms with Gasteiger partial charge in [-0.25, -0.2) is 0 Å². The van der Waals surface area contributed by atoms with Gasteiger partial charge in [0.2, 0.25) is 5.75 Å². The van der Waals surface area contributed by atoms with Gasteiger partial charge in [0.1, 0.15) is 0 Å². The highest BCUT2D eigenvalue weighted by Crippen LogP contribution is 2.66. The van der Waals surface area contributed by atoms with Crippen LogP contribution in [0.2, 0.25) is 0 Å². The van der Waals surface area contributed by atoms with Gasteiger partial charge in [-0.1, -0.05) is 36.7 Å². The first-order valence-electron chi connectivity index (χ1n) is 13.9. The maximum atomic E-state index is 10.3. The van der Waals surface area contributed by atoms with Crippen molar-refractivity contribution in [1.82, 2.24) is 0 Å². The van der Waals surface area contributed by atoms with Crippen molar-refractivity contribution in [1.29, 1.82) is 0 Å². The summed E-state index contributed by atoms with van der Waals surface area (Å²) in [4.78, 5) is 0. The third-order valence-electron chi connectivity index (χ3n) is 10.7. The Balaban J connectivity index is 1.38. The van der Waals surface area contributed by atoms with E-state index in [1.807, 2.05) is 24.3 Å². The molecule has 0 radical (unpaired) electrons. The number of hydrogen-bond donors (Lipinski definition) is 2. The van der Waals surface area contributed by atoms with Crippen molar-refractivity contribution < 1.29 is 24.5 Å². The summed E-state index contributed by atoms with van der Waals surface area (Å²) in [5.41, 5.74) is 3.53. The molecule has 0 spiro atoms. The van der Waals surface area contributed by atoms with Crippen LogP contribution in [0.4, 0.5) is 0 Å². The van der Waals surface area contributed by atoms with Crippen molar-refractivity contribution >= 4 is 11.8 Å². The number of methoxy groups -OCH3 is 3. The molecule has 0 bridgehead atoms. The number of allylic oxidation sites excluding steroid dienone is 2. The Morgan fingerprint density at radius 1 is 0.973 bits per heavy atom. The average Bonchev–Trinajstić information content (AvgIpc) is 3.26. The zero-order chi connectivity index (χ0) is 26.4. The fraction of sp³-hybridized carbons (Fsp3) is 0.645. The summed E-state index contributed by atoms with van der Waals surface area (Å²) < 4.78 is 16.5. The second kappa shape index (κ2) is 10.0. The smallest absolute Gasteiger partial charge is 0.203 e. The summed E-state index contributed by atoms with van der Waals surface area (Å²) in [5.74, 6) is 3.99. The van der Waals surface area contributed by atoms with Crippen molar-refractivity contribution in [3.63, 3.8) is 0 Å². The van der Waals surface area contributed by atoms with Crippen LogP contribution in [-0.2, 0) is 0 Å². The molecule has 6 heteroatoms. The molecule has 0 saturated heterocycles. The van der Waals surface area contributed by atoms with Gasteiger partial charge in [-0.2, -0.15) is 0 Å². The first-order valence-corrected chi connectivity index (χ1v) is 13.9. The number of benzene rings is 1.